The summed E-state index contributed by atoms with van der Waals surface area (Å²) >= 11 is 3.51. The molecule has 1 aromatic carbocycles. The van der Waals surface area contributed by atoms with Crippen molar-refractivity contribution in [2.24, 2.45) is 0 Å². The van der Waals surface area contributed by atoms with Crippen molar-refractivity contribution >= 4 is 26.8 Å². The van der Waals surface area contributed by atoms with Crippen LogP contribution in [-0.2, 0) is 11.2 Å². The van der Waals surface area contributed by atoms with Crippen LogP contribution >= 0.6 is 15.9 Å². The highest BCUT2D eigenvalue weighted by Gasteiger charge is 2.23. The second-order valence-corrected chi connectivity index (χ2v) is 6.21. The highest BCUT2D eigenvalue weighted by atomic mass is 79.9. The molecule has 0 aliphatic carbocycles. The molecule has 1 atom stereocenters. The van der Waals surface area contributed by atoms with Gasteiger partial charge in [-0.3, -0.25) is 0 Å². The largest absolute Gasteiger partial charge is 0.381 e. The molecule has 2 aromatic heterocycles. The van der Waals surface area contributed by atoms with Crippen LogP contribution in [-0.4, -0.2) is 28.3 Å². The van der Waals surface area contributed by atoms with Crippen LogP contribution in [0.15, 0.2) is 33.4 Å². The predicted molar refractivity (Wildman–Crippen MR) is 81.3 cm³/mol. The van der Waals surface area contributed by atoms with Crippen molar-refractivity contribution in [3.8, 4) is 0 Å². The number of fused-ring (bicyclic) bond motifs is 1. The van der Waals surface area contributed by atoms with Gasteiger partial charge in [0, 0.05) is 34.6 Å². The maximum atomic E-state index is 5.37. The van der Waals surface area contributed by atoms with Gasteiger partial charge in [0.2, 0.25) is 5.89 Å². The van der Waals surface area contributed by atoms with E-state index in [2.05, 4.69) is 43.2 Å². The van der Waals surface area contributed by atoms with Crippen LogP contribution in [0.4, 0.5) is 0 Å². The lowest BCUT2D eigenvalue weighted by atomic mass is 10.1. The molecule has 0 unspecified atom stereocenters. The lowest BCUT2D eigenvalue weighted by Crippen LogP contribution is -1.98. The fourth-order valence-electron chi connectivity index (χ4n) is 2.70. The summed E-state index contributed by atoms with van der Waals surface area (Å²) in [5, 5.41) is 5.28. The van der Waals surface area contributed by atoms with Crippen molar-refractivity contribution in [2.75, 3.05) is 13.2 Å². The highest BCUT2D eigenvalue weighted by Crippen LogP contribution is 2.26. The second-order valence-electron chi connectivity index (χ2n) is 5.29. The number of nitrogens with zero attached hydrogens (tertiary/aromatic N) is 2. The van der Waals surface area contributed by atoms with Crippen molar-refractivity contribution in [1.82, 2.24) is 15.1 Å². The zero-order valence-electron chi connectivity index (χ0n) is 11.3. The monoisotopic (exact) mass is 347 g/mol. The fraction of sp³-hybridized carbons (Fsp3) is 0.333. The quantitative estimate of drug-likeness (QED) is 0.788. The smallest absolute Gasteiger partial charge is 0.232 e. The lowest BCUT2D eigenvalue weighted by molar-refractivity contribution is 0.189. The van der Waals surface area contributed by atoms with Gasteiger partial charge in [0.05, 0.1) is 12.5 Å². The predicted octanol–water partition coefficient (Wildman–Crippen LogP) is 3.41. The molecule has 3 heterocycles. The number of ether oxygens (including phenoxy) is 1. The SMILES string of the molecule is Brc1ccc2[nH]cc(Cc3noc([C@@H]4CCOC4)n3)c2c1. The van der Waals surface area contributed by atoms with Crippen LogP contribution in [0.25, 0.3) is 10.9 Å². The van der Waals surface area contributed by atoms with E-state index in [4.69, 9.17) is 9.26 Å². The van der Waals surface area contributed by atoms with Gasteiger partial charge in [-0.25, -0.2) is 0 Å². The zero-order chi connectivity index (χ0) is 14.2. The van der Waals surface area contributed by atoms with Crippen LogP contribution in [0, 0.1) is 0 Å². The number of halogens is 1. The first-order valence-corrected chi connectivity index (χ1v) is 7.74. The number of benzene rings is 1. The zero-order valence-corrected chi connectivity index (χ0v) is 12.9. The average Bonchev–Trinajstić information content (AvgIpc) is 3.20. The number of hydrogen-bond acceptors (Lipinski definition) is 4. The molecule has 4 rings (SSSR count). The van der Waals surface area contributed by atoms with E-state index >= 15 is 0 Å². The first-order valence-electron chi connectivity index (χ1n) is 6.95. The fourth-order valence-corrected chi connectivity index (χ4v) is 3.06. The van der Waals surface area contributed by atoms with Crippen molar-refractivity contribution in [2.45, 2.75) is 18.8 Å². The molecular weight excluding hydrogens is 334 g/mol. The second kappa shape index (κ2) is 5.27. The van der Waals surface area contributed by atoms with Crippen molar-refractivity contribution in [3.63, 3.8) is 0 Å². The van der Waals surface area contributed by atoms with E-state index in [1.807, 2.05) is 12.3 Å². The van der Waals surface area contributed by atoms with E-state index in [0.717, 1.165) is 28.8 Å². The third kappa shape index (κ3) is 2.49. The summed E-state index contributed by atoms with van der Waals surface area (Å²) in [4.78, 5) is 7.78. The molecule has 1 aliphatic heterocycles. The Morgan fingerprint density at radius 3 is 3.19 bits per heavy atom. The molecule has 0 bridgehead atoms. The van der Waals surface area contributed by atoms with Crippen molar-refractivity contribution in [3.05, 3.63) is 46.1 Å². The molecule has 3 aromatic rings. The first kappa shape index (κ1) is 13.0. The van der Waals surface area contributed by atoms with E-state index in [1.54, 1.807) is 0 Å². The molecule has 1 saturated heterocycles. The van der Waals surface area contributed by atoms with E-state index < -0.39 is 0 Å². The number of aromatic amines is 1. The Bertz CT molecular complexity index is 774. The summed E-state index contributed by atoms with van der Waals surface area (Å²) in [6.45, 7) is 1.46. The summed E-state index contributed by atoms with van der Waals surface area (Å²) in [7, 11) is 0. The van der Waals surface area contributed by atoms with E-state index in [1.165, 1.54) is 10.9 Å². The summed E-state index contributed by atoms with van der Waals surface area (Å²) in [5.41, 5.74) is 2.28. The number of nitrogens with one attached hydrogen (secondary N) is 1. The standard InChI is InChI=1S/C15H14BrN3O2/c16-11-1-2-13-12(6-11)10(7-17-13)5-14-18-15(21-19-14)9-3-4-20-8-9/h1-2,6-7,9,17H,3-5,8H2/t9-/m1/s1. The Balaban J connectivity index is 1.61. The number of H-pyrrole nitrogens is 1. The van der Waals surface area contributed by atoms with Crippen LogP contribution in [0.5, 0.6) is 0 Å². The molecule has 6 heteroatoms. The Hall–Kier alpha value is -1.66. The summed E-state index contributed by atoms with van der Waals surface area (Å²) in [6, 6.07) is 6.18. The van der Waals surface area contributed by atoms with Crippen molar-refractivity contribution in [1.29, 1.82) is 0 Å². The average molecular weight is 348 g/mol. The molecule has 1 fully saturated rings. The normalized spacial score (nSPS) is 18.6. The van der Waals surface area contributed by atoms with E-state index in [0.29, 0.717) is 18.9 Å². The minimum atomic E-state index is 0.253. The maximum absolute atomic E-state index is 5.37. The Morgan fingerprint density at radius 2 is 2.33 bits per heavy atom. The molecule has 21 heavy (non-hydrogen) atoms. The molecule has 0 spiro atoms. The topological polar surface area (TPSA) is 63.9 Å². The van der Waals surface area contributed by atoms with Gasteiger partial charge in [-0.1, -0.05) is 21.1 Å². The number of aromatic nitrogens is 3. The third-order valence-corrected chi connectivity index (χ3v) is 4.33. The number of rotatable bonds is 3. The third-order valence-electron chi connectivity index (χ3n) is 3.84. The van der Waals surface area contributed by atoms with Gasteiger partial charge in [-0.05, 0) is 30.2 Å². The Labute approximate surface area is 129 Å². The van der Waals surface area contributed by atoms with Crippen LogP contribution in [0.2, 0.25) is 0 Å². The maximum Gasteiger partial charge on any atom is 0.232 e. The van der Waals surface area contributed by atoms with E-state index in [-0.39, 0.29) is 5.92 Å². The van der Waals surface area contributed by atoms with Crippen molar-refractivity contribution < 1.29 is 9.26 Å². The minimum Gasteiger partial charge on any atom is -0.381 e. The van der Waals surface area contributed by atoms with Gasteiger partial charge in [0.15, 0.2) is 5.82 Å². The molecular formula is C15H14BrN3O2. The van der Waals surface area contributed by atoms with Gasteiger partial charge in [-0.2, -0.15) is 4.98 Å². The first-order chi connectivity index (χ1) is 10.3. The van der Waals surface area contributed by atoms with Crippen LogP contribution in [0.1, 0.15) is 29.6 Å². The molecule has 0 saturated carbocycles. The summed E-state index contributed by atoms with van der Waals surface area (Å²) < 4.78 is 11.8. The minimum absolute atomic E-state index is 0.253. The number of hydrogen-bond donors (Lipinski definition) is 1. The molecule has 108 valence electrons. The van der Waals surface area contributed by atoms with Gasteiger partial charge >= 0.3 is 0 Å². The van der Waals surface area contributed by atoms with Crippen LogP contribution in [0.3, 0.4) is 0 Å². The molecule has 5 nitrogen and oxygen atoms in total. The molecule has 1 N–H and O–H groups in total. The molecule has 1 aliphatic rings. The van der Waals surface area contributed by atoms with Gasteiger partial charge in [-0.15, -0.1) is 0 Å². The van der Waals surface area contributed by atoms with E-state index in [9.17, 15) is 0 Å². The summed E-state index contributed by atoms with van der Waals surface area (Å²) in [5.74, 6) is 1.67. The molecule has 0 radical (unpaired) electrons. The van der Waals surface area contributed by atoms with Gasteiger partial charge in [0.1, 0.15) is 0 Å². The summed E-state index contributed by atoms with van der Waals surface area (Å²) in [6.07, 6.45) is 3.63. The van der Waals surface area contributed by atoms with Crippen LogP contribution < -0.4 is 0 Å². The Kier molecular flexibility index (Phi) is 3.27. The van der Waals surface area contributed by atoms with Gasteiger partial charge < -0.3 is 14.2 Å². The highest BCUT2D eigenvalue weighted by molar-refractivity contribution is 9.10. The molecule has 0 amide bonds. The lowest BCUT2D eigenvalue weighted by Gasteiger charge is -1.98. The Morgan fingerprint density at radius 1 is 1.38 bits per heavy atom. The van der Waals surface area contributed by atoms with Gasteiger partial charge in [0.25, 0.3) is 0 Å².